The van der Waals surface area contributed by atoms with Crippen molar-refractivity contribution >= 4 is 35.0 Å². The number of hydrogen-bond donors (Lipinski definition) is 1. The highest BCUT2D eigenvalue weighted by molar-refractivity contribution is 7.07. The molecule has 0 bridgehead atoms. The van der Waals surface area contributed by atoms with Gasteiger partial charge in [0.25, 0.3) is 5.56 Å². The van der Waals surface area contributed by atoms with Gasteiger partial charge >= 0.3 is 5.97 Å². The highest BCUT2D eigenvalue weighted by Gasteiger charge is 2.33. The van der Waals surface area contributed by atoms with Gasteiger partial charge in [-0.25, -0.2) is 9.79 Å². The van der Waals surface area contributed by atoms with Crippen molar-refractivity contribution in [3.05, 3.63) is 89.6 Å². The Kier molecular flexibility index (Phi) is 6.40. The number of ether oxygens (including phenoxy) is 2. The molecule has 1 aliphatic heterocycles. The standard InChI is InChI=1S/C24H21ClN2O5S/c1-4-32-23(30)20-13(2)26-24-27(21(20)14-5-8-17(31-3)9-6-14)22(29)19(33-24)12-15-11-16(25)7-10-18(15)28/h5-12,21,28H,4H2,1-3H3/b19-12+/t21-/m1/s1. The van der Waals surface area contributed by atoms with Gasteiger partial charge in [-0.2, -0.15) is 0 Å². The molecule has 0 amide bonds. The molecular formula is C24H21ClN2O5S. The molecule has 0 spiro atoms. The first kappa shape index (κ1) is 22.8. The molecule has 0 fully saturated rings. The zero-order valence-corrected chi connectivity index (χ0v) is 19.7. The number of thiazole rings is 1. The fourth-order valence-corrected chi connectivity index (χ4v) is 4.89. The number of rotatable bonds is 5. The van der Waals surface area contributed by atoms with Gasteiger partial charge in [-0.05, 0) is 55.8 Å². The van der Waals surface area contributed by atoms with E-state index in [2.05, 4.69) is 4.99 Å². The van der Waals surface area contributed by atoms with Crippen molar-refractivity contribution in [1.82, 2.24) is 4.57 Å². The van der Waals surface area contributed by atoms with Gasteiger partial charge in [-0.3, -0.25) is 9.36 Å². The van der Waals surface area contributed by atoms with Crippen LogP contribution in [0.3, 0.4) is 0 Å². The maximum absolute atomic E-state index is 13.5. The van der Waals surface area contributed by atoms with E-state index in [4.69, 9.17) is 21.1 Å². The molecule has 33 heavy (non-hydrogen) atoms. The van der Waals surface area contributed by atoms with Crippen LogP contribution >= 0.6 is 22.9 Å². The summed E-state index contributed by atoms with van der Waals surface area (Å²) >= 11 is 7.23. The zero-order chi connectivity index (χ0) is 23.7. The summed E-state index contributed by atoms with van der Waals surface area (Å²) in [6.45, 7) is 3.65. The maximum Gasteiger partial charge on any atom is 0.338 e. The Morgan fingerprint density at radius 3 is 2.67 bits per heavy atom. The van der Waals surface area contributed by atoms with Crippen LogP contribution in [0.5, 0.6) is 11.5 Å². The molecule has 2 aromatic carbocycles. The number of halogens is 1. The SMILES string of the molecule is CCOC(=O)C1=C(C)N=c2s/c(=C/c3cc(Cl)ccc3O)c(=O)n2[C@@H]1c1ccc(OC)cc1. The van der Waals surface area contributed by atoms with Crippen LogP contribution < -0.4 is 19.6 Å². The van der Waals surface area contributed by atoms with Crippen LogP contribution in [0.2, 0.25) is 5.02 Å². The number of carbonyl (C=O) groups excluding carboxylic acids is 1. The quantitative estimate of drug-likeness (QED) is 0.562. The first-order chi connectivity index (χ1) is 15.8. The highest BCUT2D eigenvalue weighted by atomic mass is 35.5. The molecule has 1 aliphatic rings. The number of carbonyl (C=O) groups is 1. The molecule has 2 heterocycles. The molecule has 4 rings (SSSR count). The van der Waals surface area contributed by atoms with Gasteiger partial charge in [0.05, 0.1) is 35.6 Å². The summed E-state index contributed by atoms with van der Waals surface area (Å²) in [4.78, 5) is 31.4. The van der Waals surface area contributed by atoms with Gasteiger partial charge in [0, 0.05) is 10.6 Å². The number of phenolic OH excluding ortho intramolecular Hbond substituents is 1. The second-order valence-corrected chi connectivity index (χ2v) is 8.72. The molecule has 1 N–H and O–H groups in total. The molecule has 1 aromatic heterocycles. The number of fused-ring (bicyclic) bond motifs is 1. The molecule has 0 unspecified atom stereocenters. The summed E-state index contributed by atoms with van der Waals surface area (Å²) in [5.41, 5.74) is 1.56. The van der Waals surface area contributed by atoms with Crippen molar-refractivity contribution in [2.24, 2.45) is 4.99 Å². The Labute approximate surface area is 198 Å². The van der Waals surface area contributed by atoms with Crippen LogP contribution in [0.15, 0.2) is 63.5 Å². The summed E-state index contributed by atoms with van der Waals surface area (Å²) in [6.07, 6.45) is 1.57. The number of methoxy groups -OCH3 is 1. The Hall–Kier alpha value is -3.36. The number of hydrogen-bond acceptors (Lipinski definition) is 7. The highest BCUT2D eigenvalue weighted by Crippen LogP contribution is 2.31. The second-order valence-electron chi connectivity index (χ2n) is 7.28. The Bertz CT molecular complexity index is 1440. The molecule has 0 radical (unpaired) electrons. The van der Waals surface area contributed by atoms with E-state index in [0.717, 1.165) is 0 Å². The molecule has 3 aromatic rings. The minimum atomic E-state index is -0.721. The largest absolute Gasteiger partial charge is 0.507 e. The number of benzene rings is 2. The summed E-state index contributed by atoms with van der Waals surface area (Å²) in [5.74, 6) is 0.127. The van der Waals surface area contributed by atoms with Crippen molar-refractivity contribution in [3.63, 3.8) is 0 Å². The molecule has 1 atom stereocenters. The summed E-state index contributed by atoms with van der Waals surface area (Å²) in [7, 11) is 1.57. The third-order valence-electron chi connectivity index (χ3n) is 5.22. The third kappa shape index (κ3) is 4.31. The topological polar surface area (TPSA) is 90.1 Å². The smallest absolute Gasteiger partial charge is 0.338 e. The predicted molar refractivity (Wildman–Crippen MR) is 127 cm³/mol. The zero-order valence-electron chi connectivity index (χ0n) is 18.2. The monoisotopic (exact) mass is 484 g/mol. The molecule has 0 saturated carbocycles. The van der Waals surface area contributed by atoms with E-state index < -0.39 is 12.0 Å². The lowest BCUT2D eigenvalue weighted by atomic mass is 9.96. The van der Waals surface area contributed by atoms with Crippen LogP contribution in [0.25, 0.3) is 6.08 Å². The van der Waals surface area contributed by atoms with Gasteiger partial charge in [-0.15, -0.1) is 0 Å². The number of aromatic nitrogens is 1. The summed E-state index contributed by atoms with van der Waals surface area (Å²) in [6, 6.07) is 11.0. The maximum atomic E-state index is 13.5. The van der Waals surface area contributed by atoms with Gasteiger partial charge in [0.2, 0.25) is 0 Å². The minimum absolute atomic E-state index is 0.000309. The number of aromatic hydroxyl groups is 1. The fraction of sp³-hybridized carbons (Fsp3) is 0.208. The summed E-state index contributed by atoms with van der Waals surface area (Å²) < 4.78 is 12.4. The Morgan fingerprint density at radius 2 is 2.00 bits per heavy atom. The van der Waals surface area contributed by atoms with Gasteiger partial charge in [-0.1, -0.05) is 35.1 Å². The number of allylic oxidation sites excluding steroid dienone is 1. The number of phenols is 1. The molecular weight excluding hydrogens is 464 g/mol. The van der Waals surface area contributed by atoms with E-state index in [0.29, 0.717) is 42.5 Å². The minimum Gasteiger partial charge on any atom is -0.507 e. The van der Waals surface area contributed by atoms with E-state index in [-0.39, 0.29) is 17.9 Å². The van der Waals surface area contributed by atoms with Crippen molar-refractivity contribution in [1.29, 1.82) is 0 Å². The van der Waals surface area contributed by atoms with E-state index in [1.54, 1.807) is 63.4 Å². The molecule has 0 saturated heterocycles. The van der Waals surface area contributed by atoms with E-state index >= 15 is 0 Å². The number of esters is 1. The lowest BCUT2D eigenvalue weighted by Crippen LogP contribution is -2.39. The average molecular weight is 485 g/mol. The molecule has 0 aliphatic carbocycles. The summed E-state index contributed by atoms with van der Waals surface area (Å²) in [5, 5.41) is 10.6. The average Bonchev–Trinajstić information content (AvgIpc) is 3.10. The van der Waals surface area contributed by atoms with Crippen molar-refractivity contribution in [3.8, 4) is 11.5 Å². The van der Waals surface area contributed by atoms with Crippen LogP contribution in [0.4, 0.5) is 0 Å². The van der Waals surface area contributed by atoms with Crippen LogP contribution in [0, 0.1) is 0 Å². The van der Waals surface area contributed by atoms with Gasteiger partial charge in [0.1, 0.15) is 11.5 Å². The predicted octanol–water partition coefficient (Wildman–Crippen LogP) is 3.17. The van der Waals surface area contributed by atoms with Crippen molar-refractivity contribution < 1.29 is 19.4 Å². The van der Waals surface area contributed by atoms with Crippen molar-refractivity contribution in [2.75, 3.05) is 13.7 Å². The molecule has 9 heteroatoms. The van der Waals surface area contributed by atoms with Crippen molar-refractivity contribution in [2.45, 2.75) is 19.9 Å². The van der Waals surface area contributed by atoms with Crippen LogP contribution in [-0.2, 0) is 9.53 Å². The van der Waals surface area contributed by atoms with Gasteiger partial charge < -0.3 is 14.6 Å². The Balaban J connectivity index is 1.96. The second kappa shape index (κ2) is 9.25. The number of nitrogens with zero attached hydrogens (tertiary/aromatic N) is 2. The fourth-order valence-electron chi connectivity index (χ4n) is 3.68. The lowest BCUT2D eigenvalue weighted by Gasteiger charge is -2.24. The first-order valence-electron chi connectivity index (χ1n) is 10.2. The van der Waals surface area contributed by atoms with E-state index in [1.165, 1.54) is 22.0 Å². The first-order valence-corrected chi connectivity index (χ1v) is 11.4. The Morgan fingerprint density at radius 1 is 1.27 bits per heavy atom. The third-order valence-corrected chi connectivity index (χ3v) is 6.44. The lowest BCUT2D eigenvalue weighted by molar-refractivity contribution is -0.139. The van der Waals surface area contributed by atoms with Gasteiger partial charge in [0.15, 0.2) is 4.80 Å². The normalized spacial score (nSPS) is 15.8. The van der Waals surface area contributed by atoms with E-state index in [9.17, 15) is 14.7 Å². The molecule has 7 nitrogen and oxygen atoms in total. The van der Waals surface area contributed by atoms with E-state index in [1.807, 2.05) is 0 Å². The van der Waals surface area contributed by atoms with Crippen LogP contribution in [-0.4, -0.2) is 29.4 Å². The van der Waals surface area contributed by atoms with Crippen LogP contribution in [0.1, 0.15) is 31.0 Å². The molecule has 170 valence electrons.